The molecule has 0 bridgehead atoms. The summed E-state index contributed by atoms with van der Waals surface area (Å²) in [5.74, 6) is -0.323. The maximum Gasteiger partial charge on any atom is 0.125 e. The molecule has 0 spiro atoms. The van der Waals surface area contributed by atoms with Gasteiger partial charge in [0, 0.05) is 27.5 Å². The van der Waals surface area contributed by atoms with Crippen LogP contribution in [0.25, 0.3) is 0 Å². The van der Waals surface area contributed by atoms with E-state index >= 15 is 0 Å². The molecule has 0 saturated heterocycles. The minimum Gasteiger partial charge on any atom is -0.392 e. The summed E-state index contributed by atoms with van der Waals surface area (Å²) in [4.78, 5) is 3.15. The third kappa shape index (κ3) is 3.31. The number of rotatable bonds is 4. The fraction of sp³-hybridized carbons (Fsp3) is 0.231. The lowest BCUT2D eigenvalue weighted by Gasteiger charge is -2.19. The average Bonchev–Trinajstić information content (AvgIpc) is 2.73. The largest absolute Gasteiger partial charge is 0.392 e. The van der Waals surface area contributed by atoms with Crippen molar-refractivity contribution >= 4 is 33.0 Å². The first kappa shape index (κ1) is 13.5. The van der Waals surface area contributed by atoms with Crippen LogP contribution in [-0.2, 0) is 13.2 Å². The van der Waals surface area contributed by atoms with Crippen molar-refractivity contribution in [2.75, 3.05) is 11.9 Å². The molecule has 0 atom stereocenters. The lowest BCUT2D eigenvalue weighted by atomic mass is 10.2. The summed E-state index contributed by atoms with van der Waals surface area (Å²) in [5.41, 5.74) is 1.35. The first-order chi connectivity index (χ1) is 8.58. The summed E-state index contributed by atoms with van der Waals surface area (Å²) in [7, 11) is 1.91. The van der Waals surface area contributed by atoms with Crippen molar-refractivity contribution in [2.45, 2.75) is 13.2 Å². The predicted molar refractivity (Wildman–Crippen MR) is 76.4 cm³/mol. The average molecular weight is 330 g/mol. The maximum atomic E-state index is 13.4. The molecule has 1 aromatic heterocycles. The van der Waals surface area contributed by atoms with Gasteiger partial charge in [-0.25, -0.2) is 4.39 Å². The third-order valence-electron chi connectivity index (χ3n) is 2.58. The SMILES string of the molecule is CN(Cc1cc(Br)cs1)c1cc(F)cc(CO)c1. The van der Waals surface area contributed by atoms with Gasteiger partial charge in [-0.3, -0.25) is 0 Å². The van der Waals surface area contributed by atoms with Crippen LogP contribution in [-0.4, -0.2) is 12.2 Å². The molecule has 0 fully saturated rings. The van der Waals surface area contributed by atoms with Crippen molar-refractivity contribution in [2.24, 2.45) is 0 Å². The summed E-state index contributed by atoms with van der Waals surface area (Å²) < 4.78 is 14.4. The molecule has 96 valence electrons. The Morgan fingerprint density at radius 1 is 1.33 bits per heavy atom. The Morgan fingerprint density at radius 3 is 2.72 bits per heavy atom. The van der Waals surface area contributed by atoms with Crippen LogP contribution in [0, 0.1) is 5.82 Å². The van der Waals surface area contributed by atoms with Crippen LogP contribution < -0.4 is 4.90 Å². The van der Waals surface area contributed by atoms with E-state index in [9.17, 15) is 4.39 Å². The number of anilines is 1. The third-order valence-corrected chi connectivity index (χ3v) is 4.26. The highest BCUT2D eigenvalue weighted by molar-refractivity contribution is 9.10. The number of hydrogen-bond acceptors (Lipinski definition) is 3. The molecule has 5 heteroatoms. The van der Waals surface area contributed by atoms with E-state index < -0.39 is 0 Å². The number of thiophene rings is 1. The van der Waals surface area contributed by atoms with Gasteiger partial charge < -0.3 is 10.0 Å². The van der Waals surface area contributed by atoms with Crippen LogP contribution in [0.3, 0.4) is 0 Å². The number of aliphatic hydroxyl groups is 1. The van der Waals surface area contributed by atoms with Gasteiger partial charge in [0.25, 0.3) is 0 Å². The Hall–Kier alpha value is -0.910. The van der Waals surface area contributed by atoms with Gasteiger partial charge in [0.1, 0.15) is 5.82 Å². The van der Waals surface area contributed by atoms with E-state index in [1.54, 1.807) is 17.4 Å². The zero-order valence-electron chi connectivity index (χ0n) is 9.86. The van der Waals surface area contributed by atoms with Gasteiger partial charge >= 0.3 is 0 Å². The van der Waals surface area contributed by atoms with Crippen molar-refractivity contribution in [1.82, 2.24) is 0 Å². The fourth-order valence-corrected chi connectivity index (χ4v) is 3.21. The number of nitrogens with zero attached hydrogens (tertiary/aromatic N) is 1. The van der Waals surface area contributed by atoms with E-state index in [2.05, 4.69) is 15.9 Å². The van der Waals surface area contributed by atoms with Crippen LogP contribution >= 0.6 is 27.3 Å². The van der Waals surface area contributed by atoms with Gasteiger partial charge in [0.05, 0.1) is 13.2 Å². The van der Waals surface area contributed by atoms with Crippen LogP contribution in [0.15, 0.2) is 34.1 Å². The highest BCUT2D eigenvalue weighted by atomic mass is 79.9. The molecule has 0 aliphatic rings. The van der Waals surface area contributed by atoms with Crippen molar-refractivity contribution in [3.05, 3.63) is 50.4 Å². The van der Waals surface area contributed by atoms with E-state index in [-0.39, 0.29) is 12.4 Å². The lowest BCUT2D eigenvalue weighted by Crippen LogP contribution is -2.16. The number of benzene rings is 1. The van der Waals surface area contributed by atoms with E-state index in [1.807, 2.05) is 23.4 Å². The molecule has 0 aliphatic carbocycles. The van der Waals surface area contributed by atoms with Gasteiger partial charge in [-0.1, -0.05) is 0 Å². The van der Waals surface area contributed by atoms with Gasteiger partial charge in [0.15, 0.2) is 0 Å². The topological polar surface area (TPSA) is 23.5 Å². The Balaban J connectivity index is 2.17. The molecular formula is C13H13BrFNOS. The highest BCUT2D eigenvalue weighted by Crippen LogP contribution is 2.24. The highest BCUT2D eigenvalue weighted by Gasteiger charge is 2.07. The molecule has 2 nitrogen and oxygen atoms in total. The molecule has 0 aliphatic heterocycles. The quantitative estimate of drug-likeness (QED) is 0.922. The van der Waals surface area contributed by atoms with Crippen LogP contribution in [0.1, 0.15) is 10.4 Å². The second-order valence-corrected chi connectivity index (χ2v) is 5.97. The summed E-state index contributed by atoms with van der Waals surface area (Å²) in [6, 6.07) is 6.67. The predicted octanol–water partition coefficient (Wildman–Crippen LogP) is 3.78. The normalized spacial score (nSPS) is 10.7. The van der Waals surface area contributed by atoms with Crippen LogP contribution in [0.5, 0.6) is 0 Å². The Kier molecular flexibility index (Phi) is 4.37. The molecule has 0 saturated carbocycles. The molecule has 18 heavy (non-hydrogen) atoms. The molecule has 1 N–H and O–H groups in total. The Bertz CT molecular complexity index is 544. The molecule has 0 radical (unpaired) electrons. The van der Waals surface area contributed by atoms with Gasteiger partial charge in [-0.2, -0.15) is 0 Å². The van der Waals surface area contributed by atoms with Gasteiger partial charge in [-0.05, 0) is 45.8 Å². The van der Waals surface area contributed by atoms with E-state index in [0.717, 1.165) is 10.2 Å². The molecule has 1 aromatic carbocycles. The number of halogens is 2. The molecular weight excluding hydrogens is 317 g/mol. The smallest absolute Gasteiger partial charge is 0.125 e. The van der Waals surface area contributed by atoms with Crippen molar-refractivity contribution in [3.63, 3.8) is 0 Å². The molecule has 2 rings (SSSR count). The number of hydrogen-bond donors (Lipinski definition) is 1. The molecule has 0 unspecified atom stereocenters. The minimum atomic E-state index is -0.323. The summed E-state index contributed by atoms with van der Waals surface area (Å²) >= 11 is 5.07. The van der Waals surface area contributed by atoms with E-state index in [1.165, 1.54) is 17.0 Å². The molecule has 0 amide bonds. The standard InChI is InChI=1S/C13H13BrFNOS/c1-16(6-13-4-10(14)8-18-13)12-3-9(7-17)2-11(15)5-12/h2-5,8,17H,6-7H2,1H3. The lowest BCUT2D eigenvalue weighted by molar-refractivity contribution is 0.281. The zero-order valence-corrected chi connectivity index (χ0v) is 12.3. The van der Waals surface area contributed by atoms with E-state index in [4.69, 9.17) is 5.11 Å². The van der Waals surface area contributed by atoms with Crippen molar-refractivity contribution in [3.8, 4) is 0 Å². The van der Waals surface area contributed by atoms with Gasteiger partial charge in [-0.15, -0.1) is 11.3 Å². The minimum absolute atomic E-state index is 0.150. The fourth-order valence-electron chi connectivity index (χ4n) is 1.71. The van der Waals surface area contributed by atoms with Crippen LogP contribution in [0.4, 0.5) is 10.1 Å². The number of aliphatic hydroxyl groups excluding tert-OH is 1. The summed E-state index contributed by atoms with van der Waals surface area (Å²) in [6.07, 6.45) is 0. The second-order valence-electron chi connectivity index (χ2n) is 4.06. The molecule has 1 heterocycles. The monoisotopic (exact) mass is 329 g/mol. The van der Waals surface area contributed by atoms with E-state index in [0.29, 0.717) is 12.1 Å². The van der Waals surface area contributed by atoms with Gasteiger partial charge in [0.2, 0.25) is 0 Å². The van der Waals surface area contributed by atoms with Crippen LogP contribution in [0.2, 0.25) is 0 Å². The first-order valence-electron chi connectivity index (χ1n) is 5.43. The summed E-state index contributed by atoms with van der Waals surface area (Å²) in [5, 5.41) is 11.1. The Labute approximate surface area is 118 Å². The maximum absolute atomic E-state index is 13.4. The Morgan fingerprint density at radius 2 is 2.11 bits per heavy atom. The molecule has 2 aromatic rings. The first-order valence-corrected chi connectivity index (χ1v) is 7.10. The van der Waals surface area contributed by atoms with Crippen molar-refractivity contribution in [1.29, 1.82) is 0 Å². The zero-order chi connectivity index (χ0) is 13.1. The second kappa shape index (κ2) is 5.82. The van der Waals surface area contributed by atoms with Crippen molar-refractivity contribution < 1.29 is 9.50 Å². The summed E-state index contributed by atoms with van der Waals surface area (Å²) in [6.45, 7) is 0.563.